The van der Waals surface area contributed by atoms with Gasteiger partial charge < -0.3 is 19.5 Å². The molecule has 2 aliphatic carbocycles. The van der Waals surface area contributed by atoms with Crippen molar-refractivity contribution < 1.29 is 14.6 Å². The summed E-state index contributed by atoms with van der Waals surface area (Å²) in [4.78, 5) is 6.96. The molecule has 2 aromatic rings. The van der Waals surface area contributed by atoms with Gasteiger partial charge in [-0.2, -0.15) is 0 Å². The lowest BCUT2D eigenvalue weighted by Gasteiger charge is -2.38. The normalized spacial score (nSPS) is 23.9. The van der Waals surface area contributed by atoms with Crippen molar-refractivity contribution in [1.29, 1.82) is 0 Å². The molecule has 0 bridgehead atoms. The van der Waals surface area contributed by atoms with E-state index in [0.29, 0.717) is 16.8 Å². The first-order valence-corrected chi connectivity index (χ1v) is 13.7. The summed E-state index contributed by atoms with van der Waals surface area (Å²) >= 11 is 6.03. The van der Waals surface area contributed by atoms with Crippen LogP contribution in [0.4, 0.5) is 0 Å². The van der Waals surface area contributed by atoms with Crippen LogP contribution in [-0.2, 0) is 10.3 Å². The SMILES string of the molecule is OC1(c2ccc(Cl)cc2)CCN(CCC=C2C=C3C(=CC=CC3OCC3CC3)Oc3ncccc32)CC1. The van der Waals surface area contributed by atoms with Gasteiger partial charge in [-0.15, -0.1) is 0 Å². The topological polar surface area (TPSA) is 54.8 Å². The zero-order valence-electron chi connectivity index (χ0n) is 21.0. The molecule has 4 aliphatic rings. The number of aromatic nitrogens is 1. The highest BCUT2D eigenvalue weighted by molar-refractivity contribution is 6.30. The summed E-state index contributed by atoms with van der Waals surface area (Å²) in [6.45, 7) is 3.45. The summed E-state index contributed by atoms with van der Waals surface area (Å²) in [5.74, 6) is 2.14. The number of allylic oxidation sites excluding steroid dienone is 4. The third-order valence-electron chi connectivity index (χ3n) is 7.81. The summed E-state index contributed by atoms with van der Waals surface area (Å²) in [5, 5.41) is 11.9. The van der Waals surface area contributed by atoms with Gasteiger partial charge in [0.1, 0.15) is 11.9 Å². The van der Waals surface area contributed by atoms with Gasteiger partial charge in [0, 0.05) is 42.0 Å². The number of hydrogen-bond acceptors (Lipinski definition) is 5. The lowest BCUT2D eigenvalue weighted by Crippen LogP contribution is -2.42. The molecule has 2 aliphatic heterocycles. The first-order chi connectivity index (χ1) is 18.1. The van der Waals surface area contributed by atoms with Gasteiger partial charge in [0.25, 0.3) is 0 Å². The van der Waals surface area contributed by atoms with Crippen LogP contribution in [0.3, 0.4) is 0 Å². The van der Waals surface area contributed by atoms with Crippen molar-refractivity contribution in [3.8, 4) is 5.88 Å². The van der Waals surface area contributed by atoms with E-state index in [1.165, 1.54) is 12.8 Å². The minimum Gasteiger partial charge on any atom is -0.438 e. The number of ether oxygens (including phenoxy) is 2. The van der Waals surface area contributed by atoms with Crippen molar-refractivity contribution in [1.82, 2.24) is 9.88 Å². The maximum atomic E-state index is 11.2. The van der Waals surface area contributed by atoms with Crippen LogP contribution in [0, 0.1) is 5.92 Å². The van der Waals surface area contributed by atoms with E-state index >= 15 is 0 Å². The van der Waals surface area contributed by atoms with Crippen LogP contribution in [0.2, 0.25) is 5.02 Å². The van der Waals surface area contributed by atoms with Gasteiger partial charge in [-0.1, -0.05) is 42.0 Å². The molecule has 6 rings (SSSR count). The van der Waals surface area contributed by atoms with Crippen molar-refractivity contribution in [3.05, 3.63) is 100 Å². The van der Waals surface area contributed by atoms with Crippen LogP contribution < -0.4 is 4.74 Å². The lowest BCUT2D eigenvalue weighted by molar-refractivity contribution is -0.0254. The zero-order chi connectivity index (χ0) is 25.2. The Hall–Kier alpha value is -2.70. The van der Waals surface area contributed by atoms with Crippen LogP contribution >= 0.6 is 11.6 Å². The fourth-order valence-electron chi connectivity index (χ4n) is 5.31. The van der Waals surface area contributed by atoms with Crippen LogP contribution in [0.15, 0.2) is 84.3 Å². The van der Waals surface area contributed by atoms with Gasteiger partial charge in [-0.05, 0) is 85.6 Å². The number of aliphatic hydroxyl groups is 1. The standard InChI is InChI=1S/C31H33ClN2O3/c32-25-12-10-24(11-13-25)31(35)14-18-34(19-15-31)17-3-4-23-20-27-28(36-21-22-8-9-22)6-1-7-29(27)37-30-26(23)5-2-16-33-30/h1-2,4-7,10-13,16,20,22,28,35H,3,8-9,14-15,17-19,21H2. The van der Waals surface area contributed by atoms with Crippen molar-refractivity contribution in [2.45, 2.75) is 43.8 Å². The van der Waals surface area contributed by atoms with Gasteiger partial charge in [-0.3, -0.25) is 0 Å². The Morgan fingerprint density at radius 2 is 1.97 bits per heavy atom. The summed E-state index contributed by atoms with van der Waals surface area (Å²) < 4.78 is 12.6. The summed E-state index contributed by atoms with van der Waals surface area (Å²) in [6.07, 6.45) is 17.2. The van der Waals surface area contributed by atoms with E-state index in [4.69, 9.17) is 21.1 Å². The number of benzene rings is 1. The molecular weight excluding hydrogens is 484 g/mol. The van der Waals surface area contributed by atoms with Crippen molar-refractivity contribution in [2.75, 3.05) is 26.2 Å². The first-order valence-electron chi connectivity index (χ1n) is 13.3. The van der Waals surface area contributed by atoms with Crippen LogP contribution in [0.5, 0.6) is 5.88 Å². The van der Waals surface area contributed by atoms with Crippen LogP contribution in [0.1, 0.15) is 43.2 Å². The third kappa shape index (κ3) is 5.60. The van der Waals surface area contributed by atoms with Crippen LogP contribution in [0.25, 0.3) is 5.57 Å². The average molecular weight is 517 g/mol. The number of pyridine rings is 1. The quantitative estimate of drug-likeness (QED) is 0.485. The zero-order valence-corrected chi connectivity index (χ0v) is 21.7. The second kappa shape index (κ2) is 10.6. The number of halogens is 1. The van der Waals surface area contributed by atoms with E-state index in [1.807, 2.05) is 42.5 Å². The highest BCUT2D eigenvalue weighted by Gasteiger charge is 2.34. The smallest absolute Gasteiger partial charge is 0.227 e. The van der Waals surface area contributed by atoms with E-state index in [-0.39, 0.29) is 6.10 Å². The fourth-order valence-corrected chi connectivity index (χ4v) is 5.43. The molecule has 1 aromatic heterocycles. The van der Waals surface area contributed by atoms with Gasteiger partial charge in [0.2, 0.25) is 5.88 Å². The molecule has 1 saturated heterocycles. The molecule has 192 valence electrons. The molecular formula is C31H33ClN2O3. The van der Waals surface area contributed by atoms with Crippen molar-refractivity contribution in [3.63, 3.8) is 0 Å². The summed E-state index contributed by atoms with van der Waals surface area (Å²) in [7, 11) is 0. The number of hydrogen-bond donors (Lipinski definition) is 1. The van der Waals surface area contributed by atoms with E-state index in [9.17, 15) is 5.11 Å². The van der Waals surface area contributed by atoms with Crippen molar-refractivity contribution >= 4 is 17.2 Å². The Balaban J connectivity index is 1.15. The predicted octanol–water partition coefficient (Wildman–Crippen LogP) is 6.06. The molecule has 1 unspecified atom stereocenters. The Morgan fingerprint density at radius 3 is 2.76 bits per heavy atom. The molecule has 0 radical (unpaired) electrons. The second-order valence-electron chi connectivity index (χ2n) is 10.5. The van der Waals surface area contributed by atoms with E-state index < -0.39 is 5.60 Å². The molecule has 37 heavy (non-hydrogen) atoms. The molecule has 1 atom stereocenters. The minimum atomic E-state index is -0.778. The Kier molecular flexibility index (Phi) is 7.04. The van der Waals surface area contributed by atoms with Crippen molar-refractivity contribution in [2.24, 2.45) is 5.92 Å². The molecule has 2 fully saturated rings. The number of piperidine rings is 1. The number of fused-ring (bicyclic) bond motifs is 2. The molecule has 3 heterocycles. The molecule has 0 amide bonds. The monoisotopic (exact) mass is 516 g/mol. The highest BCUT2D eigenvalue weighted by atomic mass is 35.5. The number of rotatable bonds is 7. The number of likely N-dealkylation sites (tertiary alicyclic amines) is 1. The maximum absolute atomic E-state index is 11.2. The molecule has 1 aromatic carbocycles. The van der Waals surface area contributed by atoms with Gasteiger partial charge >= 0.3 is 0 Å². The van der Waals surface area contributed by atoms with E-state index in [2.05, 4.69) is 34.2 Å². The second-order valence-corrected chi connectivity index (χ2v) is 10.9. The molecule has 1 N–H and O–H groups in total. The number of nitrogens with zero attached hydrogens (tertiary/aromatic N) is 2. The summed E-state index contributed by atoms with van der Waals surface area (Å²) in [5.41, 5.74) is 3.35. The van der Waals surface area contributed by atoms with E-state index in [0.717, 1.165) is 73.5 Å². The Labute approximate surface area is 223 Å². The largest absolute Gasteiger partial charge is 0.438 e. The molecule has 0 spiro atoms. The Bertz CT molecular complexity index is 1250. The van der Waals surface area contributed by atoms with Gasteiger partial charge in [0.05, 0.1) is 12.2 Å². The Morgan fingerprint density at radius 1 is 1.16 bits per heavy atom. The molecule has 1 saturated carbocycles. The minimum absolute atomic E-state index is 0.106. The maximum Gasteiger partial charge on any atom is 0.227 e. The first kappa shape index (κ1) is 24.6. The molecule has 5 nitrogen and oxygen atoms in total. The third-order valence-corrected chi connectivity index (χ3v) is 8.06. The fraction of sp³-hybridized carbons (Fsp3) is 0.387. The summed E-state index contributed by atoms with van der Waals surface area (Å²) in [6, 6.07) is 11.6. The van der Waals surface area contributed by atoms with Gasteiger partial charge in [0.15, 0.2) is 0 Å². The highest BCUT2D eigenvalue weighted by Crippen LogP contribution is 2.38. The lowest BCUT2D eigenvalue weighted by atomic mass is 9.84. The average Bonchev–Trinajstić information content (AvgIpc) is 3.75. The van der Waals surface area contributed by atoms with E-state index in [1.54, 1.807) is 6.20 Å². The molecule has 6 heteroatoms. The predicted molar refractivity (Wildman–Crippen MR) is 146 cm³/mol. The van der Waals surface area contributed by atoms with Crippen LogP contribution in [-0.4, -0.2) is 47.3 Å². The van der Waals surface area contributed by atoms with Gasteiger partial charge in [-0.25, -0.2) is 4.98 Å².